The summed E-state index contributed by atoms with van der Waals surface area (Å²) in [4.78, 5) is 4.22. The van der Waals surface area contributed by atoms with Gasteiger partial charge in [0.25, 0.3) is 0 Å². The molecule has 0 spiro atoms. The largest absolute Gasteiger partial charge is 0.354 e. The van der Waals surface area contributed by atoms with E-state index in [4.69, 9.17) is 21.1 Å². The molecular formula is C11H13BrClNO2. The molecule has 0 atom stereocenters. The van der Waals surface area contributed by atoms with E-state index in [1.807, 2.05) is 18.2 Å². The highest BCUT2D eigenvalue weighted by Gasteiger charge is 2.01. The summed E-state index contributed by atoms with van der Waals surface area (Å²) in [5.74, 6) is 0. The van der Waals surface area contributed by atoms with Gasteiger partial charge in [-0.2, -0.15) is 0 Å². The zero-order valence-electron chi connectivity index (χ0n) is 9.11. The van der Waals surface area contributed by atoms with Crippen molar-refractivity contribution in [3.05, 3.63) is 33.3 Å². The molecule has 0 aliphatic carbocycles. The summed E-state index contributed by atoms with van der Waals surface area (Å²) in [7, 11) is 3.17. The number of rotatable bonds is 5. The smallest absolute Gasteiger partial charge is 0.176 e. The Morgan fingerprint density at radius 2 is 2.12 bits per heavy atom. The Morgan fingerprint density at radius 3 is 2.69 bits per heavy atom. The first-order valence-electron chi connectivity index (χ1n) is 4.68. The number of aliphatic imine (C=N–C) groups is 1. The molecule has 0 N–H and O–H groups in total. The van der Waals surface area contributed by atoms with Gasteiger partial charge in [-0.25, -0.2) is 0 Å². The highest BCUT2D eigenvalue weighted by atomic mass is 79.9. The van der Waals surface area contributed by atoms with Crippen LogP contribution in [0, 0.1) is 0 Å². The van der Waals surface area contributed by atoms with E-state index in [1.165, 1.54) is 0 Å². The Bertz CT molecular complexity index is 367. The minimum atomic E-state index is -0.299. The number of hydrogen-bond acceptors (Lipinski definition) is 3. The lowest BCUT2D eigenvalue weighted by atomic mass is 10.2. The van der Waals surface area contributed by atoms with Crippen LogP contribution in [0.3, 0.4) is 0 Å². The van der Waals surface area contributed by atoms with Crippen molar-refractivity contribution in [3.63, 3.8) is 0 Å². The number of ether oxygens (including phenoxy) is 2. The zero-order valence-corrected chi connectivity index (χ0v) is 11.5. The lowest BCUT2D eigenvalue weighted by molar-refractivity contribution is -0.0936. The Kier molecular flexibility index (Phi) is 5.98. The predicted octanol–water partition coefficient (Wildman–Crippen LogP) is 3.14. The maximum Gasteiger partial charge on any atom is 0.176 e. The molecule has 16 heavy (non-hydrogen) atoms. The molecule has 0 aliphatic heterocycles. The summed E-state index contributed by atoms with van der Waals surface area (Å²) in [5.41, 5.74) is 0.974. The Hall–Kier alpha value is -0.420. The molecule has 0 saturated heterocycles. The Balaban J connectivity index is 2.59. The molecule has 0 heterocycles. The summed E-state index contributed by atoms with van der Waals surface area (Å²) < 4.78 is 10.9. The molecule has 0 aliphatic rings. The van der Waals surface area contributed by atoms with Gasteiger partial charge in [0, 0.05) is 24.9 Å². The van der Waals surface area contributed by atoms with E-state index < -0.39 is 0 Å². The topological polar surface area (TPSA) is 30.8 Å². The van der Waals surface area contributed by atoms with Crippen LogP contribution in [0.25, 0.3) is 0 Å². The van der Waals surface area contributed by atoms with E-state index in [9.17, 15) is 0 Å². The minimum Gasteiger partial charge on any atom is -0.354 e. The van der Waals surface area contributed by atoms with E-state index in [1.54, 1.807) is 20.4 Å². The van der Waals surface area contributed by atoms with Gasteiger partial charge in [-0.15, -0.1) is 0 Å². The second-order valence-electron chi connectivity index (χ2n) is 3.07. The van der Waals surface area contributed by atoms with Crippen LogP contribution in [0.1, 0.15) is 5.56 Å². The van der Waals surface area contributed by atoms with Crippen LogP contribution in [0.4, 0.5) is 0 Å². The van der Waals surface area contributed by atoms with Crippen LogP contribution in [0.2, 0.25) is 5.02 Å². The third-order valence-corrected chi connectivity index (χ3v) is 3.18. The van der Waals surface area contributed by atoms with E-state index >= 15 is 0 Å². The average Bonchev–Trinajstić information content (AvgIpc) is 2.29. The third kappa shape index (κ3) is 4.22. The monoisotopic (exact) mass is 305 g/mol. The molecule has 5 heteroatoms. The average molecular weight is 307 g/mol. The van der Waals surface area contributed by atoms with Crippen molar-refractivity contribution >= 4 is 33.7 Å². The summed E-state index contributed by atoms with van der Waals surface area (Å²) in [6.45, 7) is 0.466. The normalized spacial score (nSPS) is 11.6. The molecule has 0 bridgehead atoms. The highest BCUT2D eigenvalue weighted by Crippen LogP contribution is 2.22. The molecule has 3 nitrogen and oxygen atoms in total. The second kappa shape index (κ2) is 7.01. The first-order valence-corrected chi connectivity index (χ1v) is 5.85. The standard InChI is InChI=1S/C11H13BrClNO2/c1-15-11(16-2)7-14-6-8-3-4-10(13)9(12)5-8/h3-6,11H,7H2,1-2H3/b14-6+. The van der Waals surface area contributed by atoms with Gasteiger partial charge in [0.1, 0.15) is 0 Å². The van der Waals surface area contributed by atoms with Crippen molar-refractivity contribution in [2.45, 2.75) is 6.29 Å². The van der Waals surface area contributed by atoms with E-state index in [0.29, 0.717) is 11.6 Å². The minimum absolute atomic E-state index is 0.299. The van der Waals surface area contributed by atoms with Gasteiger partial charge < -0.3 is 9.47 Å². The highest BCUT2D eigenvalue weighted by molar-refractivity contribution is 9.10. The van der Waals surface area contributed by atoms with Gasteiger partial charge in [-0.1, -0.05) is 17.7 Å². The molecule has 0 aromatic heterocycles. The molecule has 0 saturated carbocycles. The maximum atomic E-state index is 5.88. The molecule has 88 valence electrons. The van der Waals surface area contributed by atoms with Crippen LogP contribution >= 0.6 is 27.5 Å². The molecular weight excluding hydrogens is 293 g/mol. The van der Waals surface area contributed by atoms with Gasteiger partial charge in [0.15, 0.2) is 6.29 Å². The fraction of sp³-hybridized carbons (Fsp3) is 0.364. The summed E-state index contributed by atoms with van der Waals surface area (Å²) in [6, 6.07) is 5.61. The molecule has 1 aromatic rings. The number of hydrogen-bond donors (Lipinski definition) is 0. The number of benzene rings is 1. The zero-order chi connectivity index (χ0) is 12.0. The number of nitrogens with zero attached hydrogens (tertiary/aromatic N) is 1. The SMILES string of the molecule is COC(C/N=C/c1ccc(Cl)c(Br)c1)OC. The van der Waals surface area contributed by atoms with E-state index in [2.05, 4.69) is 20.9 Å². The summed E-state index contributed by atoms with van der Waals surface area (Å²) in [5, 5.41) is 0.684. The van der Waals surface area contributed by atoms with Crippen molar-refractivity contribution < 1.29 is 9.47 Å². The molecule has 1 aromatic carbocycles. The van der Waals surface area contributed by atoms with E-state index in [-0.39, 0.29) is 6.29 Å². The fourth-order valence-electron chi connectivity index (χ4n) is 1.08. The number of halogens is 2. The van der Waals surface area contributed by atoms with Crippen molar-refractivity contribution in [2.24, 2.45) is 4.99 Å². The first-order chi connectivity index (χ1) is 7.67. The lowest BCUT2D eigenvalue weighted by Gasteiger charge is -2.09. The summed E-state index contributed by atoms with van der Waals surface area (Å²) in [6.07, 6.45) is 1.46. The Labute approximate surface area is 109 Å². The van der Waals surface area contributed by atoms with Crippen LogP contribution in [-0.2, 0) is 9.47 Å². The number of methoxy groups -OCH3 is 2. The van der Waals surface area contributed by atoms with Crippen LogP contribution in [-0.4, -0.2) is 33.3 Å². The van der Waals surface area contributed by atoms with Gasteiger partial charge in [0.05, 0.1) is 11.6 Å². The van der Waals surface area contributed by atoms with Gasteiger partial charge >= 0.3 is 0 Å². The molecule has 0 amide bonds. The lowest BCUT2D eigenvalue weighted by Crippen LogP contribution is -2.16. The molecule has 1 rings (SSSR count). The van der Waals surface area contributed by atoms with Gasteiger partial charge in [0.2, 0.25) is 0 Å². The molecule has 0 fully saturated rings. The third-order valence-electron chi connectivity index (χ3n) is 1.96. The van der Waals surface area contributed by atoms with Crippen LogP contribution in [0.15, 0.2) is 27.7 Å². The van der Waals surface area contributed by atoms with Crippen molar-refractivity contribution in [1.82, 2.24) is 0 Å². The second-order valence-corrected chi connectivity index (χ2v) is 4.33. The van der Waals surface area contributed by atoms with Gasteiger partial charge in [-0.3, -0.25) is 4.99 Å². The van der Waals surface area contributed by atoms with Crippen molar-refractivity contribution in [3.8, 4) is 0 Å². The first kappa shape index (κ1) is 13.6. The van der Waals surface area contributed by atoms with Crippen LogP contribution < -0.4 is 0 Å². The quantitative estimate of drug-likeness (QED) is 0.618. The van der Waals surface area contributed by atoms with E-state index in [0.717, 1.165) is 10.0 Å². The Morgan fingerprint density at radius 1 is 1.44 bits per heavy atom. The fourth-order valence-corrected chi connectivity index (χ4v) is 1.60. The summed E-state index contributed by atoms with van der Waals surface area (Å²) >= 11 is 9.23. The molecule has 0 unspecified atom stereocenters. The van der Waals surface area contributed by atoms with Crippen molar-refractivity contribution in [2.75, 3.05) is 20.8 Å². The predicted molar refractivity (Wildman–Crippen MR) is 69.4 cm³/mol. The molecule has 0 radical (unpaired) electrons. The van der Waals surface area contributed by atoms with Gasteiger partial charge in [-0.05, 0) is 33.6 Å². The maximum absolute atomic E-state index is 5.88. The van der Waals surface area contributed by atoms with Crippen LogP contribution in [0.5, 0.6) is 0 Å². The van der Waals surface area contributed by atoms with Crippen molar-refractivity contribution in [1.29, 1.82) is 0 Å².